The number of thioether (sulfide) groups is 1. The fourth-order valence-corrected chi connectivity index (χ4v) is 6.82. The van der Waals surface area contributed by atoms with E-state index in [0.29, 0.717) is 21.2 Å². The number of aromatic nitrogens is 1. The van der Waals surface area contributed by atoms with Crippen molar-refractivity contribution in [2.75, 3.05) is 5.32 Å². The largest absolute Gasteiger partial charge is 0.325 e. The number of fused-ring (bicyclic) bond motifs is 2. The first-order valence-electron chi connectivity index (χ1n) is 9.87. The Morgan fingerprint density at radius 2 is 1.61 bits per heavy atom. The fourth-order valence-electron chi connectivity index (χ4n) is 4.08. The number of imide groups is 1. The average Bonchev–Trinajstić information content (AvgIpc) is 3.24. The molecule has 3 atom stereocenters. The van der Waals surface area contributed by atoms with Crippen molar-refractivity contribution in [1.29, 1.82) is 0 Å². The monoisotopic (exact) mass is 487 g/mol. The van der Waals surface area contributed by atoms with Crippen molar-refractivity contribution in [1.82, 2.24) is 9.88 Å². The summed E-state index contributed by atoms with van der Waals surface area (Å²) < 4.78 is 27.9. The third kappa shape index (κ3) is 3.87. The maximum absolute atomic E-state index is 13.5. The number of thiazole rings is 1. The molecule has 0 radical (unpaired) electrons. The zero-order valence-electron chi connectivity index (χ0n) is 16.7. The molecule has 3 aromatic rings. The summed E-state index contributed by atoms with van der Waals surface area (Å²) in [6, 6.07) is 10.8. The van der Waals surface area contributed by atoms with Crippen molar-refractivity contribution < 1.29 is 23.2 Å². The minimum atomic E-state index is -0.777. The molecule has 1 fully saturated rings. The van der Waals surface area contributed by atoms with E-state index in [1.807, 2.05) is 0 Å². The number of carbonyl (C=O) groups excluding carboxylic acids is 3. The molecule has 1 aromatic heterocycles. The topological polar surface area (TPSA) is 97.3 Å². The summed E-state index contributed by atoms with van der Waals surface area (Å²) in [5.41, 5.74) is 0.971. The van der Waals surface area contributed by atoms with Gasteiger partial charge in [0.1, 0.15) is 23.4 Å². The number of halogens is 2. The zero-order valence-corrected chi connectivity index (χ0v) is 18.3. The Labute approximate surface area is 193 Å². The van der Waals surface area contributed by atoms with Gasteiger partial charge in [0.2, 0.25) is 17.7 Å². The van der Waals surface area contributed by atoms with Gasteiger partial charge in [-0.25, -0.2) is 8.78 Å². The van der Waals surface area contributed by atoms with Gasteiger partial charge in [0.15, 0.2) is 0 Å². The second-order valence-corrected chi connectivity index (χ2v) is 9.75. The first-order chi connectivity index (χ1) is 15.8. The van der Waals surface area contributed by atoms with E-state index in [0.717, 1.165) is 23.1 Å². The summed E-state index contributed by atoms with van der Waals surface area (Å²) in [6.45, 7) is -0.321. The van der Waals surface area contributed by atoms with Gasteiger partial charge in [-0.2, -0.15) is 0 Å². The highest BCUT2D eigenvalue weighted by molar-refractivity contribution is 8.00. The van der Waals surface area contributed by atoms with E-state index in [1.165, 1.54) is 53.1 Å². The number of nitrogens with zero attached hydrogens (tertiary/aromatic N) is 1. The second-order valence-electron chi connectivity index (χ2n) is 7.63. The highest BCUT2D eigenvalue weighted by Crippen LogP contribution is 2.51. The van der Waals surface area contributed by atoms with Crippen LogP contribution in [0.2, 0.25) is 0 Å². The van der Waals surface area contributed by atoms with Crippen LogP contribution in [-0.4, -0.2) is 27.5 Å². The van der Waals surface area contributed by atoms with Crippen molar-refractivity contribution in [3.05, 3.63) is 80.3 Å². The van der Waals surface area contributed by atoms with Crippen molar-refractivity contribution in [2.24, 2.45) is 5.92 Å². The molecule has 2 aliphatic rings. The minimum Gasteiger partial charge on any atom is -0.325 e. The van der Waals surface area contributed by atoms with Crippen LogP contribution < -0.4 is 15.5 Å². The number of benzene rings is 2. The van der Waals surface area contributed by atoms with Crippen molar-refractivity contribution in [3.8, 4) is 0 Å². The molecule has 0 aliphatic carbocycles. The molecule has 3 amide bonds. The SMILES string of the molecule is O=C(Cn1c2c(sc1=O)[C@@H](c1ccc(F)cc1)[C@H]1C(=O)NC(=O)[C@H]1S2)Nc1ccc(F)cc1. The number of rotatable bonds is 4. The molecule has 33 heavy (non-hydrogen) atoms. The maximum Gasteiger partial charge on any atom is 0.308 e. The van der Waals surface area contributed by atoms with E-state index in [2.05, 4.69) is 10.6 Å². The lowest BCUT2D eigenvalue weighted by Crippen LogP contribution is -2.32. The number of hydrogen-bond donors (Lipinski definition) is 2. The lowest BCUT2D eigenvalue weighted by molar-refractivity contribution is -0.126. The van der Waals surface area contributed by atoms with Crippen LogP contribution in [0.25, 0.3) is 0 Å². The second kappa shape index (κ2) is 8.23. The fraction of sp³-hybridized carbons (Fsp3) is 0.182. The lowest BCUT2D eigenvalue weighted by atomic mass is 9.83. The van der Waals surface area contributed by atoms with Gasteiger partial charge in [0, 0.05) is 16.5 Å². The molecular weight excluding hydrogens is 472 g/mol. The van der Waals surface area contributed by atoms with E-state index in [9.17, 15) is 28.0 Å². The molecule has 0 spiro atoms. The molecule has 1 saturated heterocycles. The number of amides is 3. The van der Waals surface area contributed by atoms with Crippen LogP contribution in [0.1, 0.15) is 16.4 Å². The van der Waals surface area contributed by atoms with E-state index in [-0.39, 0.29) is 6.54 Å². The quantitative estimate of drug-likeness (QED) is 0.552. The standard InChI is InChI=1S/C22H15F2N3O4S2/c23-11-3-1-10(2-4-11)15-16-17(20(30)26-19(16)29)32-21-18(15)33-22(31)27(21)9-14(28)25-13-7-5-12(24)6-8-13/h1-8,15-17H,9H2,(H,25,28)(H,26,29,30)/t15-,16+,17-/m0/s1. The van der Waals surface area contributed by atoms with Crippen molar-refractivity contribution in [2.45, 2.75) is 22.7 Å². The van der Waals surface area contributed by atoms with Crippen LogP contribution in [0.5, 0.6) is 0 Å². The summed E-state index contributed by atoms with van der Waals surface area (Å²) in [4.78, 5) is 50.6. The molecule has 0 saturated carbocycles. The third-order valence-electron chi connectivity index (χ3n) is 5.55. The normalized spacial score (nSPS) is 21.3. The molecule has 0 bridgehead atoms. The predicted molar refractivity (Wildman–Crippen MR) is 118 cm³/mol. The van der Waals surface area contributed by atoms with Crippen LogP contribution in [0, 0.1) is 17.6 Å². The van der Waals surface area contributed by atoms with Gasteiger partial charge in [-0.3, -0.25) is 29.1 Å². The number of hydrogen-bond acceptors (Lipinski definition) is 6. The Bertz CT molecular complexity index is 1340. The van der Waals surface area contributed by atoms with Gasteiger partial charge in [-0.15, -0.1) is 0 Å². The van der Waals surface area contributed by atoms with Crippen LogP contribution in [-0.2, 0) is 20.9 Å². The smallest absolute Gasteiger partial charge is 0.308 e. The molecular formula is C22H15F2N3O4S2. The van der Waals surface area contributed by atoms with Gasteiger partial charge in [0.05, 0.1) is 10.9 Å². The summed E-state index contributed by atoms with van der Waals surface area (Å²) in [7, 11) is 0. The van der Waals surface area contributed by atoms with Crippen LogP contribution in [0.15, 0.2) is 58.4 Å². The molecule has 11 heteroatoms. The Hall–Kier alpha value is -3.31. The Balaban J connectivity index is 1.52. The van der Waals surface area contributed by atoms with Crippen molar-refractivity contribution >= 4 is 46.5 Å². The molecule has 2 N–H and O–H groups in total. The van der Waals surface area contributed by atoms with Gasteiger partial charge in [-0.1, -0.05) is 35.2 Å². The summed E-state index contributed by atoms with van der Waals surface area (Å²) in [5, 5.41) is 4.60. The van der Waals surface area contributed by atoms with Crippen LogP contribution in [0.4, 0.5) is 14.5 Å². The third-order valence-corrected chi connectivity index (χ3v) is 8.16. The number of carbonyl (C=O) groups is 3. The van der Waals surface area contributed by atoms with E-state index < -0.39 is 51.3 Å². The van der Waals surface area contributed by atoms with Gasteiger partial charge < -0.3 is 5.32 Å². The summed E-state index contributed by atoms with van der Waals surface area (Å²) in [5.74, 6) is -3.68. The average molecular weight is 488 g/mol. The number of nitrogens with one attached hydrogen (secondary N) is 2. The summed E-state index contributed by atoms with van der Waals surface area (Å²) in [6.07, 6.45) is 0. The Morgan fingerprint density at radius 3 is 2.27 bits per heavy atom. The maximum atomic E-state index is 13.5. The predicted octanol–water partition coefficient (Wildman–Crippen LogP) is 2.71. The van der Waals surface area contributed by atoms with Crippen LogP contribution in [0.3, 0.4) is 0 Å². The molecule has 3 heterocycles. The molecule has 5 rings (SSSR count). The Morgan fingerprint density at radius 1 is 0.970 bits per heavy atom. The van der Waals surface area contributed by atoms with Gasteiger partial charge in [-0.05, 0) is 42.0 Å². The molecule has 2 aromatic carbocycles. The van der Waals surface area contributed by atoms with Crippen LogP contribution >= 0.6 is 23.1 Å². The first-order valence-corrected chi connectivity index (χ1v) is 11.6. The molecule has 0 unspecified atom stereocenters. The Kier molecular flexibility index (Phi) is 5.37. The van der Waals surface area contributed by atoms with Gasteiger partial charge >= 0.3 is 4.87 Å². The summed E-state index contributed by atoms with van der Waals surface area (Å²) >= 11 is 1.97. The molecule has 168 valence electrons. The lowest BCUT2D eigenvalue weighted by Gasteiger charge is -2.30. The zero-order chi connectivity index (χ0) is 23.3. The van der Waals surface area contributed by atoms with Gasteiger partial charge in [0.25, 0.3) is 0 Å². The first kappa shape index (κ1) is 21.5. The highest BCUT2D eigenvalue weighted by atomic mass is 32.2. The van der Waals surface area contributed by atoms with E-state index >= 15 is 0 Å². The number of anilines is 1. The van der Waals surface area contributed by atoms with E-state index in [4.69, 9.17) is 0 Å². The molecule has 2 aliphatic heterocycles. The molecule has 7 nitrogen and oxygen atoms in total. The van der Waals surface area contributed by atoms with E-state index in [1.54, 1.807) is 0 Å². The highest BCUT2D eigenvalue weighted by Gasteiger charge is 2.52. The van der Waals surface area contributed by atoms with Crippen molar-refractivity contribution in [3.63, 3.8) is 0 Å². The minimum absolute atomic E-state index is 0.321.